The third-order valence-corrected chi connectivity index (χ3v) is 3.49. The van der Waals surface area contributed by atoms with E-state index in [0.717, 1.165) is 10.0 Å². The van der Waals surface area contributed by atoms with Crippen molar-refractivity contribution in [3.63, 3.8) is 0 Å². The summed E-state index contributed by atoms with van der Waals surface area (Å²) in [6.45, 7) is 0. The largest absolute Gasteiger partial charge is 0.495 e. The van der Waals surface area contributed by atoms with Crippen molar-refractivity contribution >= 4 is 39.1 Å². The number of furan rings is 1. The summed E-state index contributed by atoms with van der Waals surface area (Å²) in [6.07, 6.45) is 0. The first-order valence-corrected chi connectivity index (χ1v) is 6.61. The van der Waals surface area contributed by atoms with Gasteiger partial charge in [-0.1, -0.05) is 11.6 Å². The van der Waals surface area contributed by atoms with Crippen LogP contribution >= 0.6 is 39.1 Å². The van der Waals surface area contributed by atoms with Gasteiger partial charge in [0.05, 0.1) is 17.6 Å². The highest BCUT2D eigenvalue weighted by Crippen LogP contribution is 2.37. The maximum absolute atomic E-state index is 6.13. The molecule has 0 spiro atoms. The molecule has 18 heavy (non-hydrogen) atoms. The summed E-state index contributed by atoms with van der Waals surface area (Å²) in [4.78, 5) is 0. The van der Waals surface area contributed by atoms with Crippen LogP contribution in [0.15, 0.2) is 33.2 Å². The molecule has 0 bridgehead atoms. The van der Waals surface area contributed by atoms with E-state index in [1.54, 1.807) is 31.4 Å². The van der Waals surface area contributed by atoms with Crippen molar-refractivity contribution in [2.75, 3.05) is 7.11 Å². The quantitative estimate of drug-likeness (QED) is 0.892. The van der Waals surface area contributed by atoms with Crippen LogP contribution in [0.2, 0.25) is 10.2 Å². The first-order valence-electron chi connectivity index (χ1n) is 5.06. The summed E-state index contributed by atoms with van der Waals surface area (Å²) in [6, 6.07) is 6.35. The van der Waals surface area contributed by atoms with Gasteiger partial charge in [0.15, 0.2) is 5.22 Å². The fraction of sp³-hybridized carbons (Fsp3) is 0.167. The van der Waals surface area contributed by atoms with E-state index in [0.29, 0.717) is 21.8 Å². The normalized spacial score (nSPS) is 12.5. The van der Waals surface area contributed by atoms with Crippen LogP contribution in [0.1, 0.15) is 17.4 Å². The standard InChI is InChI=1S/C12H10BrCl2NO2/c1-17-12-7(4-6(14)5-8(12)13)11(16)9-2-3-10(15)18-9/h2-5,11H,16H2,1H3. The van der Waals surface area contributed by atoms with Gasteiger partial charge in [-0.25, -0.2) is 0 Å². The molecule has 2 rings (SSSR count). The topological polar surface area (TPSA) is 48.4 Å². The monoisotopic (exact) mass is 349 g/mol. The number of hydrogen-bond donors (Lipinski definition) is 1. The zero-order valence-electron chi connectivity index (χ0n) is 9.41. The Hall–Kier alpha value is -0.680. The van der Waals surface area contributed by atoms with E-state index in [1.807, 2.05) is 0 Å². The molecule has 1 unspecified atom stereocenters. The highest BCUT2D eigenvalue weighted by Gasteiger charge is 2.20. The minimum atomic E-state index is -0.498. The Morgan fingerprint density at radius 1 is 1.33 bits per heavy atom. The fourth-order valence-corrected chi connectivity index (χ4v) is 2.82. The molecule has 0 amide bonds. The summed E-state index contributed by atoms with van der Waals surface area (Å²) in [5, 5.41) is 0.853. The molecule has 96 valence electrons. The Morgan fingerprint density at radius 3 is 2.61 bits per heavy atom. The molecule has 1 aromatic carbocycles. The lowest BCUT2D eigenvalue weighted by Gasteiger charge is -2.15. The van der Waals surface area contributed by atoms with Gasteiger partial charge in [-0.15, -0.1) is 0 Å². The summed E-state index contributed by atoms with van der Waals surface area (Å²) in [5.41, 5.74) is 6.86. The van der Waals surface area contributed by atoms with Crippen LogP contribution in [-0.4, -0.2) is 7.11 Å². The Labute approximate surface area is 123 Å². The molecule has 0 saturated carbocycles. The van der Waals surface area contributed by atoms with Crippen molar-refractivity contribution in [1.82, 2.24) is 0 Å². The second-order valence-electron chi connectivity index (χ2n) is 3.63. The summed E-state index contributed by atoms with van der Waals surface area (Å²) < 4.78 is 11.4. The minimum absolute atomic E-state index is 0.292. The van der Waals surface area contributed by atoms with Gasteiger partial charge in [0, 0.05) is 10.6 Å². The number of rotatable bonds is 3. The average molecular weight is 351 g/mol. The predicted molar refractivity (Wildman–Crippen MR) is 75.5 cm³/mol. The van der Waals surface area contributed by atoms with Gasteiger partial charge < -0.3 is 14.9 Å². The number of ether oxygens (including phenoxy) is 1. The summed E-state index contributed by atoms with van der Waals surface area (Å²) in [5.74, 6) is 1.17. The zero-order valence-corrected chi connectivity index (χ0v) is 12.5. The van der Waals surface area contributed by atoms with Crippen LogP contribution in [0.5, 0.6) is 5.75 Å². The molecule has 2 N–H and O–H groups in total. The minimum Gasteiger partial charge on any atom is -0.495 e. The van der Waals surface area contributed by atoms with Crippen LogP contribution in [0.3, 0.4) is 0 Å². The van der Waals surface area contributed by atoms with E-state index in [4.69, 9.17) is 38.1 Å². The molecule has 1 atom stereocenters. The van der Waals surface area contributed by atoms with Gasteiger partial charge in [-0.05, 0) is 51.8 Å². The van der Waals surface area contributed by atoms with Crippen molar-refractivity contribution in [2.45, 2.75) is 6.04 Å². The molecule has 1 aromatic heterocycles. The Kier molecular flexibility index (Phi) is 4.22. The third kappa shape index (κ3) is 2.67. The summed E-state index contributed by atoms with van der Waals surface area (Å²) in [7, 11) is 1.57. The van der Waals surface area contributed by atoms with Gasteiger partial charge >= 0.3 is 0 Å². The van der Waals surface area contributed by atoms with Crippen LogP contribution in [0.25, 0.3) is 0 Å². The number of benzene rings is 1. The third-order valence-electron chi connectivity index (χ3n) is 2.48. The van der Waals surface area contributed by atoms with Crippen molar-refractivity contribution in [2.24, 2.45) is 5.73 Å². The first-order chi connectivity index (χ1) is 8.52. The average Bonchev–Trinajstić information content (AvgIpc) is 2.74. The maximum Gasteiger partial charge on any atom is 0.193 e. The number of halogens is 3. The molecule has 0 aliphatic carbocycles. The second kappa shape index (κ2) is 5.53. The van der Waals surface area contributed by atoms with Crippen molar-refractivity contribution in [1.29, 1.82) is 0 Å². The van der Waals surface area contributed by atoms with Crippen molar-refractivity contribution in [3.8, 4) is 5.75 Å². The molecule has 0 saturated heterocycles. The van der Waals surface area contributed by atoms with E-state index in [-0.39, 0.29) is 0 Å². The molecule has 6 heteroatoms. The molecule has 0 fully saturated rings. The van der Waals surface area contributed by atoms with E-state index < -0.39 is 6.04 Å². The highest BCUT2D eigenvalue weighted by atomic mass is 79.9. The lowest BCUT2D eigenvalue weighted by molar-refractivity contribution is 0.400. The van der Waals surface area contributed by atoms with E-state index >= 15 is 0 Å². The van der Waals surface area contributed by atoms with Crippen LogP contribution in [0, 0.1) is 0 Å². The molecular weight excluding hydrogens is 341 g/mol. The van der Waals surface area contributed by atoms with E-state index in [9.17, 15) is 0 Å². The molecule has 2 aromatic rings. The van der Waals surface area contributed by atoms with Crippen LogP contribution < -0.4 is 10.5 Å². The van der Waals surface area contributed by atoms with Crippen LogP contribution in [0.4, 0.5) is 0 Å². The molecule has 0 radical (unpaired) electrons. The first kappa shape index (κ1) is 13.7. The zero-order chi connectivity index (χ0) is 13.3. The second-order valence-corrected chi connectivity index (χ2v) is 5.29. The van der Waals surface area contributed by atoms with Gasteiger partial charge in [-0.2, -0.15) is 0 Å². The molecule has 0 aliphatic heterocycles. The van der Waals surface area contributed by atoms with Gasteiger partial charge in [-0.3, -0.25) is 0 Å². The number of hydrogen-bond acceptors (Lipinski definition) is 3. The Bertz CT molecular complexity index is 571. The van der Waals surface area contributed by atoms with Crippen LogP contribution in [-0.2, 0) is 0 Å². The van der Waals surface area contributed by atoms with E-state index in [1.165, 1.54) is 0 Å². The number of methoxy groups -OCH3 is 1. The predicted octanol–water partition coefficient (Wildman–Crippen LogP) is 4.41. The van der Waals surface area contributed by atoms with Gasteiger partial charge in [0.2, 0.25) is 0 Å². The SMILES string of the molecule is COc1c(Br)cc(Cl)cc1C(N)c1ccc(Cl)o1. The lowest BCUT2D eigenvalue weighted by Crippen LogP contribution is -2.12. The Morgan fingerprint density at radius 2 is 2.06 bits per heavy atom. The molecule has 3 nitrogen and oxygen atoms in total. The summed E-state index contributed by atoms with van der Waals surface area (Å²) >= 11 is 15.1. The van der Waals surface area contributed by atoms with Gasteiger partial charge in [0.1, 0.15) is 11.5 Å². The molecular formula is C12H10BrCl2NO2. The molecule has 1 heterocycles. The van der Waals surface area contributed by atoms with E-state index in [2.05, 4.69) is 15.9 Å². The smallest absolute Gasteiger partial charge is 0.193 e. The molecule has 0 aliphatic rings. The van der Waals surface area contributed by atoms with Crippen molar-refractivity contribution in [3.05, 3.63) is 50.3 Å². The van der Waals surface area contributed by atoms with Crippen molar-refractivity contribution < 1.29 is 9.15 Å². The Balaban J connectivity index is 2.49. The van der Waals surface area contributed by atoms with Gasteiger partial charge in [0.25, 0.3) is 0 Å². The number of nitrogens with two attached hydrogens (primary N) is 1. The lowest BCUT2D eigenvalue weighted by atomic mass is 10.0. The maximum atomic E-state index is 6.13. The highest BCUT2D eigenvalue weighted by molar-refractivity contribution is 9.10. The fourth-order valence-electron chi connectivity index (χ4n) is 1.68.